The van der Waals surface area contributed by atoms with Gasteiger partial charge in [0.25, 0.3) is 0 Å². The Kier molecular flexibility index (Phi) is 5.11. The number of hydrogen-bond acceptors (Lipinski definition) is 3. The maximum atomic E-state index is 12.2. The van der Waals surface area contributed by atoms with Crippen LogP contribution in [0.25, 0.3) is 5.57 Å². The molecule has 0 bridgehead atoms. The Labute approximate surface area is 143 Å². The van der Waals surface area contributed by atoms with Gasteiger partial charge in [-0.25, -0.2) is 0 Å². The van der Waals surface area contributed by atoms with E-state index in [2.05, 4.69) is 34.4 Å². The molecule has 0 fully saturated rings. The number of aromatic nitrogens is 2. The highest BCUT2D eigenvalue weighted by Gasteiger charge is 2.16. The summed E-state index contributed by atoms with van der Waals surface area (Å²) in [6.07, 6.45) is 8.05. The molecule has 0 saturated heterocycles. The summed E-state index contributed by atoms with van der Waals surface area (Å²) in [4.78, 5) is 14.4. The highest BCUT2D eigenvalue weighted by Crippen LogP contribution is 2.21. The number of amides is 1. The first-order chi connectivity index (χ1) is 11.6. The van der Waals surface area contributed by atoms with Crippen LogP contribution in [0.15, 0.2) is 42.7 Å². The van der Waals surface area contributed by atoms with Crippen LogP contribution in [0.4, 0.5) is 5.69 Å². The number of nitrogens with one attached hydrogen (secondary N) is 1. The molecular weight excluding hydrogens is 300 g/mol. The second kappa shape index (κ2) is 7.45. The molecule has 24 heavy (non-hydrogen) atoms. The standard InChI is InChI=1S/C19H24N4O/c1-3-15-5-4-6-18(11-15)21-19(24)14-23-9-7-16(8-10-23)17-12-20-22(2)13-17/h4-7,11-13H,3,8-10,14H2,1-2H3,(H,21,24). The predicted molar refractivity (Wildman–Crippen MR) is 96.7 cm³/mol. The first-order valence-corrected chi connectivity index (χ1v) is 8.43. The van der Waals surface area contributed by atoms with Crippen LogP contribution in [0.3, 0.4) is 0 Å². The minimum absolute atomic E-state index is 0.0430. The summed E-state index contributed by atoms with van der Waals surface area (Å²) < 4.78 is 1.82. The molecule has 2 aromatic rings. The summed E-state index contributed by atoms with van der Waals surface area (Å²) >= 11 is 0. The third-order valence-electron chi connectivity index (χ3n) is 4.36. The second-order valence-corrected chi connectivity index (χ2v) is 6.22. The molecule has 0 radical (unpaired) electrons. The molecule has 2 heterocycles. The number of carbonyl (C=O) groups is 1. The Morgan fingerprint density at radius 2 is 2.25 bits per heavy atom. The predicted octanol–water partition coefficient (Wildman–Crippen LogP) is 2.71. The van der Waals surface area contributed by atoms with Crippen LogP contribution in [0.1, 0.15) is 24.5 Å². The fourth-order valence-corrected chi connectivity index (χ4v) is 2.98. The average Bonchev–Trinajstić information content (AvgIpc) is 3.02. The van der Waals surface area contributed by atoms with Gasteiger partial charge in [0, 0.05) is 37.6 Å². The normalized spacial score (nSPS) is 15.2. The SMILES string of the molecule is CCc1cccc(NC(=O)CN2CC=C(c3cnn(C)c3)CC2)c1. The van der Waals surface area contributed by atoms with Gasteiger partial charge < -0.3 is 5.32 Å². The molecule has 0 spiro atoms. The van der Waals surface area contributed by atoms with Crippen molar-refractivity contribution in [3.63, 3.8) is 0 Å². The van der Waals surface area contributed by atoms with E-state index < -0.39 is 0 Å². The Hall–Kier alpha value is -2.40. The van der Waals surface area contributed by atoms with Gasteiger partial charge in [0.1, 0.15) is 0 Å². The highest BCUT2D eigenvalue weighted by atomic mass is 16.2. The summed E-state index contributed by atoms with van der Waals surface area (Å²) in [6, 6.07) is 8.03. The molecule has 0 saturated carbocycles. The number of carbonyl (C=O) groups excluding carboxylic acids is 1. The lowest BCUT2D eigenvalue weighted by molar-refractivity contribution is -0.117. The van der Waals surface area contributed by atoms with Crippen LogP contribution in [-0.2, 0) is 18.3 Å². The van der Waals surface area contributed by atoms with Gasteiger partial charge in [-0.15, -0.1) is 0 Å². The molecule has 1 aromatic heterocycles. The summed E-state index contributed by atoms with van der Waals surface area (Å²) in [6.45, 7) is 4.23. The third-order valence-corrected chi connectivity index (χ3v) is 4.36. The third kappa shape index (κ3) is 4.11. The van der Waals surface area contributed by atoms with Crippen molar-refractivity contribution in [3.05, 3.63) is 53.9 Å². The fourth-order valence-electron chi connectivity index (χ4n) is 2.98. The Balaban J connectivity index is 1.53. The molecule has 1 aromatic carbocycles. The summed E-state index contributed by atoms with van der Waals surface area (Å²) in [5, 5.41) is 7.21. The van der Waals surface area contributed by atoms with Crippen LogP contribution in [0.2, 0.25) is 0 Å². The first kappa shape index (κ1) is 16.5. The Morgan fingerprint density at radius 1 is 1.38 bits per heavy atom. The van der Waals surface area contributed by atoms with Crippen molar-refractivity contribution < 1.29 is 4.79 Å². The summed E-state index contributed by atoms with van der Waals surface area (Å²) in [5.74, 6) is 0.0430. The molecule has 1 amide bonds. The largest absolute Gasteiger partial charge is 0.325 e. The van der Waals surface area contributed by atoms with Gasteiger partial charge in [-0.3, -0.25) is 14.4 Å². The number of rotatable bonds is 5. The molecule has 3 rings (SSSR count). The van der Waals surface area contributed by atoms with Crippen molar-refractivity contribution in [1.82, 2.24) is 14.7 Å². The smallest absolute Gasteiger partial charge is 0.238 e. The Morgan fingerprint density at radius 3 is 2.92 bits per heavy atom. The number of nitrogens with zero attached hydrogens (tertiary/aromatic N) is 3. The van der Waals surface area contributed by atoms with Gasteiger partial charge in [-0.2, -0.15) is 5.10 Å². The molecular formula is C19H24N4O. The number of anilines is 1. The van der Waals surface area contributed by atoms with Crippen molar-refractivity contribution in [2.75, 3.05) is 25.0 Å². The molecule has 1 aliphatic heterocycles. The van der Waals surface area contributed by atoms with Crippen LogP contribution in [0.5, 0.6) is 0 Å². The van der Waals surface area contributed by atoms with Crippen molar-refractivity contribution in [2.45, 2.75) is 19.8 Å². The number of aryl methyl sites for hydroxylation is 2. The van der Waals surface area contributed by atoms with E-state index in [0.29, 0.717) is 6.54 Å². The van der Waals surface area contributed by atoms with Crippen molar-refractivity contribution in [3.8, 4) is 0 Å². The molecule has 0 unspecified atom stereocenters. The lowest BCUT2D eigenvalue weighted by atomic mass is 10.0. The van der Waals surface area contributed by atoms with Crippen molar-refractivity contribution in [1.29, 1.82) is 0 Å². The maximum absolute atomic E-state index is 12.2. The van der Waals surface area contributed by atoms with Gasteiger partial charge in [0.05, 0.1) is 12.7 Å². The van der Waals surface area contributed by atoms with E-state index in [1.165, 1.54) is 16.7 Å². The highest BCUT2D eigenvalue weighted by molar-refractivity contribution is 5.92. The fraction of sp³-hybridized carbons (Fsp3) is 0.368. The molecule has 5 heteroatoms. The van der Waals surface area contributed by atoms with E-state index in [4.69, 9.17) is 0 Å². The minimum atomic E-state index is 0.0430. The van der Waals surface area contributed by atoms with Crippen LogP contribution in [0, 0.1) is 0 Å². The molecule has 1 aliphatic rings. The quantitative estimate of drug-likeness (QED) is 0.920. The monoisotopic (exact) mass is 324 g/mol. The molecule has 0 aliphatic carbocycles. The number of hydrogen-bond donors (Lipinski definition) is 1. The molecule has 126 valence electrons. The molecule has 0 atom stereocenters. The van der Waals surface area contributed by atoms with Gasteiger partial charge in [-0.1, -0.05) is 25.1 Å². The minimum Gasteiger partial charge on any atom is -0.325 e. The zero-order valence-electron chi connectivity index (χ0n) is 14.3. The van der Waals surface area contributed by atoms with Crippen LogP contribution >= 0.6 is 0 Å². The first-order valence-electron chi connectivity index (χ1n) is 8.43. The Bertz CT molecular complexity index is 747. The zero-order chi connectivity index (χ0) is 16.9. The lowest BCUT2D eigenvalue weighted by Gasteiger charge is -2.25. The summed E-state index contributed by atoms with van der Waals surface area (Å²) in [5.41, 5.74) is 4.60. The van der Waals surface area contributed by atoms with Crippen LogP contribution in [-0.4, -0.2) is 40.2 Å². The van der Waals surface area contributed by atoms with E-state index in [9.17, 15) is 4.79 Å². The van der Waals surface area contributed by atoms with Crippen molar-refractivity contribution in [2.24, 2.45) is 7.05 Å². The van der Waals surface area contributed by atoms with E-state index in [1.54, 1.807) is 0 Å². The lowest BCUT2D eigenvalue weighted by Crippen LogP contribution is -2.36. The van der Waals surface area contributed by atoms with Gasteiger partial charge in [0.15, 0.2) is 0 Å². The van der Waals surface area contributed by atoms with Crippen molar-refractivity contribution >= 4 is 17.2 Å². The van der Waals surface area contributed by atoms with Gasteiger partial charge in [0.2, 0.25) is 5.91 Å². The van der Waals surface area contributed by atoms with E-state index in [1.807, 2.05) is 42.3 Å². The average molecular weight is 324 g/mol. The molecule has 5 nitrogen and oxygen atoms in total. The zero-order valence-corrected chi connectivity index (χ0v) is 14.3. The van der Waals surface area contributed by atoms with E-state index in [0.717, 1.165) is 31.6 Å². The van der Waals surface area contributed by atoms with Gasteiger partial charge >= 0.3 is 0 Å². The van der Waals surface area contributed by atoms with Crippen LogP contribution < -0.4 is 5.32 Å². The van der Waals surface area contributed by atoms with E-state index in [-0.39, 0.29) is 5.91 Å². The van der Waals surface area contributed by atoms with E-state index >= 15 is 0 Å². The number of benzene rings is 1. The topological polar surface area (TPSA) is 50.2 Å². The maximum Gasteiger partial charge on any atom is 0.238 e. The second-order valence-electron chi connectivity index (χ2n) is 6.22. The summed E-state index contributed by atoms with van der Waals surface area (Å²) in [7, 11) is 1.93. The van der Waals surface area contributed by atoms with Gasteiger partial charge in [-0.05, 0) is 36.1 Å². The molecule has 1 N–H and O–H groups in total.